The second-order valence-electron chi connectivity index (χ2n) is 3.55. The Morgan fingerprint density at radius 2 is 1.94 bits per heavy atom. The summed E-state index contributed by atoms with van der Waals surface area (Å²) in [6, 6.07) is 5.80. The summed E-state index contributed by atoms with van der Waals surface area (Å²) in [7, 11) is 1.91. The van der Waals surface area contributed by atoms with Crippen molar-refractivity contribution in [2.75, 3.05) is 20.3 Å². The first-order valence-corrected chi connectivity index (χ1v) is 6.12. The van der Waals surface area contributed by atoms with E-state index in [1.54, 1.807) is 0 Å². The maximum atomic E-state index is 6.11. The van der Waals surface area contributed by atoms with Crippen molar-refractivity contribution >= 4 is 23.2 Å². The van der Waals surface area contributed by atoms with Crippen molar-refractivity contribution in [3.63, 3.8) is 0 Å². The summed E-state index contributed by atoms with van der Waals surface area (Å²) in [6.07, 6.45) is 0.773. The van der Waals surface area contributed by atoms with Gasteiger partial charge in [-0.15, -0.1) is 0 Å². The molecule has 90 valence electrons. The molecule has 0 spiro atoms. The van der Waals surface area contributed by atoms with E-state index in [9.17, 15) is 0 Å². The topological polar surface area (TPSA) is 21.3 Å². The normalized spacial score (nSPS) is 12.8. The van der Waals surface area contributed by atoms with Gasteiger partial charge in [0.25, 0.3) is 0 Å². The molecule has 1 aromatic carbocycles. The van der Waals surface area contributed by atoms with E-state index < -0.39 is 0 Å². The van der Waals surface area contributed by atoms with Crippen molar-refractivity contribution in [1.82, 2.24) is 5.32 Å². The second-order valence-corrected chi connectivity index (χ2v) is 4.36. The van der Waals surface area contributed by atoms with Crippen molar-refractivity contribution in [3.8, 4) is 0 Å². The number of nitrogens with one attached hydrogen (secondary N) is 1. The third-order valence-electron chi connectivity index (χ3n) is 2.44. The molecule has 0 aliphatic carbocycles. The highest BCUT2D eigenvalue weighted by molar-refractivity contribution is 6.35. The molecule has 4 heteroatoms. The van der Waals surface area contributed by atoms with E-state index in [1.165, 1.54) is 0 Å². The summed E-state index contributed by atoms with van der Waals surface area (Å²) in [5.41, 5.74) is 0.977. The number of ether oxygens (including phenoxy) is 1. The van der Waals surface area contributed by atoms with Crippen LogP contribution in [0.25, 0.3) is 0 Å². The molecule has 0 bridgehead atoms. The van der Waals surface area contributed by atoms with Crippen LogP contribution >= 0.6 is 23.2 Å². The predicted octanol–water partition coefficient (Wildman–Crippen LogP) is 3.16. The number of rotatable bonds is 6. The first-order chi connectivity index (χ1) is 7.69. The fourth-order valence-corrected chi connectivity index (χ4v) is 2.03. The molecular weight excluding hydrogens is 245 g/mol. The SMILES string of the molecule is CCOCC(Cc1c(Cl)cccc1Cl)NC. The van der Waals surface area contributed by atoms with Crippen LogP contribution in [-0.2, 0) is 11.2 Å². The summed E-state index contributed by atoms with van der Waals surface area (Å²) in [5, 5.41) is 4.62. The van der Waals surface area contributed by atoms with E-state index >= 15 is 0 Å². The van der Waals surface area contributed by atoms with Gasteiger partial charge in [-0.3, -0.25) is 0 Å². The lowest BCUT2D eigenvalue weighted by Gasteiger charge is -2.17. The van der Waals surface area contributed by atoms with Gasteiger partial charge < -0.3 is 10.1 Å². The van der Waals surface area contributed by atoms with E-state index in [0.717, 1.165) is 12.0 Å². The Hall–Kier alpha value is -0.280. The van der Waals surface area contributed by atoms with E-state index in [1.807, 2.05) is 32.2 Å². The number of halogens is 2. The molecule has 0 amide bonds. The Morgan fingerprint density at radius 3 is 2.44 bits per heavy atom. The van der Waals surface area contributed by atoms with Gasteiger partial charge in [0.2, 0.25) is 0 Å². The Morgan fingerprint density at radius 1 is 1.31 bits per heavy atom. The highest BCUT2D eigenvalue weighted by atomic mass is 35.5. The van der Waals surface area contributed by atoms with Gasteiger partial charge in [0, 0.05) is 22.7 Å². The van der Waals surface area contributed by atoms with E-state index in [4.69, 9.17) is 27.9 Å². The smallest absolute Gasteiger partial charge is 0.0622 e. The average molecular weight is 262 g/mol. The third kappa shape index (κ3) is 3.95. The molecule has 0 aromatic heterocycles. The van der Waals surface area contributed by atoms with Gasteiger partial charge in [-0.05, 0) is 38.1 Å². The van der Waals surface area contributed by atoms with E-state index in [2.05, 4.69) is 5.32 Å². The van der Waals surface area contributed by atoms with Crippen LogP contribution in [0.5, 0.6) is 0 Å². The van der Waals surface area contributed by atoms with Crippen molar-refractivity contribution in [3.05, 3.63) is 33.8 Å². The van der Waals surface area contributed by atoms with Gasteiger partial charge in [-0.2, -0.15) is 0 Å². The molecule has 2 nitrogen and oxygen atoms in total. The minimum absolute atomic E-state index is 0.234. The van der Waals surface area contributed by atoms with Gasteiger partial charge >= 0.3 is 0 Å². The number of hydrogen-bond acceptors (Lipinski definition) is 2. The molecule has 0 heterocycles. The molecule has 0 aliphatic rings. The molecule has 0 saturated carbocycles. The second kappa shape index (κ2) is 7.13. The van der Waals surface area contributed by atoms with Crippen LogP contribution in [0.1, 0.15) is 12.5 Å². The molecule has 0 aliphatic heterocycles. The number of hydrogen-bond donors (Lipinski definition) is 1. The van der Waals surface area contributed by atoms with E-state index in [0.29, 0.717) is 23.3 Å². The Balaban J connectivity index is 2.69. The largest absolute Gasteiger partial charge is 0.380 e. The summed E-state index contributed by atoms with van der Waals surface area (Å²) in [6.45, 7) is 3.36. The fraction of sp³-hybridized carbons (Fsp3) is 0.500. The molecule has 0 radical (unpaired) electrons. The molecule has 1 unspecified atom stereocenters. The molecule has 0 fully saturated rings. The van der Waals surface area contributed by atoms with Crippen molar-refractivity contribution in [2.45, 2.75) is 19.4 Å². The van der Waals surface area contributed by atoms with Crippen LogP contribution in [0.3, 0.4) is 0 Å². The minimum Gasteiger partial charge on any atom is -0.380 e. The van der Waals surface area contributed by atoms with Gasteiger partial charge in [-0.1, -0.05) is 29.3 Å². The Kier molecular flexibility index (Phi) is 6.14. The highest BCUT2D eigenvalue weighted by Crippen LogP contribution is 2.25. The van der Waals surface area contributed by atoms with Crippen LogP contribution in [0, 0.1) is 0 Å². The zero-order chi connectivity index (χ0) is 12.0. The van der Waals surface area contributed by atoms with Crippen molar-refractivity contribution in [1.29, 1.82) is 0 Å². The average Bonchev–Trinajstić information content (AvgIpc) is 2.28. The van der Waals surface area contributed by atoms with Crippen LogP contribution in [0.4, 0.5) is 0 Å². The summed E-state index contributed by atoms with van der Waals surface area (Å²) < 4.78 is 5.39. The maximum absolute atomic E-state index is 6.11. The zero-order valence-electron chi connectivity index (χ0n) is 9.59. The lowest BCUT2D eigenvalue weighted by molar-refractivity contribution is 0.125. The number of benzene rings is 1. The Labute approximate surface area is 107 Å². The van der Waals surface area contributed by atoms with E-state index in [-0.39, 0.29) is 6.04 Å². The predicted molar refractivity (Wildman–Crippen MR) is 69.5 cm³/mol. The Bertz CT molecular complexity index is 311. The summed E-state index contributed by atoms with van der Waals surface area (Å²) >= 11 is 12.2. The van der Waals surface area contributed by atoms with Gasteiger partial charge in [0.05, 0.1) is 6.61 Å². The quantitative estimate of drug-likeness (QED) is 0.850. The summed E-state index contributed by atoms with van der Waals surface area (Å²) in [4.78, 5) is 0. The van der Waals surface area contributed by atoms with Crippen molar-refractivity contribution < 1.29 is 4.74 Å². The highest BCUT2D eigenvalue weighted by Gasteiger charge is 2.12. The molecule has 1 N–H and O–H groups in total. The molecular formula is C12H17Cl2NO. The van der Waals surface area contributed by atoms with Crippen LogP contribution < -0.4 is 5.32 Å². The van der Waals surface area contributed by atoms with Crippen molar-refractivity contribution in [2.24, 2.45) is 0 Å². The third-order valence-corrected chi connectivity index (χ3v) is 3.15. The number of likely N-dealkylation sites (N-methyl/N-ethyl adjacent to an activating group) is 1. The monoisotopic (exact) mass is 261 g/mol. The zero-order valence-corrected chi connectivity index (χ0v) is 11.1. The minimum atomic E-state index is 0.234. The van der Waals surface area contributed by atoms with Gasteiger partial charge in [0.1, 0.15) is 0 Å². The molecule has 1 atom stereocenters. The first kappa shape index (κ1) is 13.8. The van der Waals surface area contributed by atoms with Gasteiger partial charge in [0.15, 0.2) is 0 Å². The van der Waals surface area contributed by atoms with Gasteiger partial charge in [-0.25, -0.2) is 0 Å². The van der Waals surface area contributed by atoms with Crippen LogP contribution in [0.2, 0.25) is 10.0 Å². The molecule has 1 aromatic rings. The summed E-state index contributed by atoms with van der Waals surface area (Å²) in [5.74, 6) is 0. The lowest BCUT2D eigenvalue weighted by Crippen LogP contribution is -2.32. The molecule has 1 rings (SSSR count). The lowest BCUT2D eigenvalue weighted by atomic mass is 10.1. The first-order valence-electron chi connectivity index (χ1n) is 5.37. The molecule has 0 saturated heterocycles. The fourth-order valence-electron chi connectivity index (χ4n) is 1.48. The van der Waals surface area contributed by atoms with Crippen LogP contribution in [-0.4, -0.2) is 26.3 Å². The van der Waals surface area contributed by atoms with Crippen LogP contribution in [0.15, 0.2) is 18.2 Å². The standard InChI is InChI=1S/C12H17Cl2NO/c1-3-16-8-9(15-2)7-10-11(13)5-4-6-12(10)14/h4-6,9,15H,3,7-8H2,1-2H3. The maximum Gasteiger partial charge on any atom is 0.0622 e. The molecule has 16 heavy (non-hydrogen) atoms.